The maximum Gasteiger partial charge on any atom is 0.279 e. The van der Waals surface area contributed by atoms with Gasteiger partial charge in [-0.25, -0.2) is 8.42 Å². The molecule has 2 aromatic carbocycles. The van der Waals surface area contributed by atoms with E-state index in [0.29, 0.717) is 20.4 Å². The molecule has 162 valence electrons. The maximum atomic E-state index is 12.8. The molecule has 0 saturated heterocycles. The van der Waals surface area contributed by atoms with Gasteiger partial charge in [-0.05, 0) is 36.4 Å². The fraction of sp³-hybridized carbons (Fsp3) is 0.143. The monoisotopic (exact) mass is 495 g/mol. The first-order valence-corrected chi connectivity index (χ1v) is 12.1. The molecule has 0 aliphatic heterocycles. The molecular weight excluding hydrogens is 477 g/mol. The molecule has 3 rings (SSSR count). The summed E-state index contributed by atoms with van der Waals surface area (Å²) in [7, 11) is -2.00. The second kappa shape index (κ2) is 9.50. The number of halogens is 2. The van der Waals surface area contributed by atoms with Crippen LogP contribution in [0, 0.1) is 0 Å². The number of carbonyl (C=O) groups is 1. The summed E-state index contributed by atoms with van der Waals surface area (Å²) in [5.41, 5.74) is 0.948. The van der Waals surface area contributed by atoms with E-state index in [9.17, 15) is 13.2 Å². The average Bonchev–Trinajstić information content (AvgIpc) is 3.08. The molecule has 6 nitrogen and oxygen atoms in total. The van der Waals surface area contributed by atoms with Crippen LogP contribution in [0.2, 0.25) is 10.0 Å². The summed E-state index contributed by atoms with van der Waals surface area (Å²) in [6.45, 7) is 7.47. The Morgan fingerprint density at radius 2 is 1.68 bits per heavy atom. The van der Waals surface area contributed by atoms with Crippen molar-refractivity contribution in [1.82, 2.24) is 8.87 Å². The number of hydrogen-bond donors (Lipinski definition) is 0. The zero-order valence-corrected chi connectivity index (χ0v) is 19.7. The van der Waals surface area contributed by atoms with Crippen LogP contribution in [0.1, 0.15) is 10.4 Å². The van der Waals surface area contributed by atoms with Gasteiger partial charge in [0, 0.05) is 25.7 Å². The molecular formula is C21H19Cl2N3O3S2. The molecule has 0 bridgehead atoms. The van der Waals surface area contributed by atoms with E-state index in [-0.39, 0.29) is 23.5 Å². The number of amides is 1. The SMILES string of the molecule is C=CCN(CC=C)S(=O)(=O)c1ccc(C(=O)N=c2sc3c(Cl)ccc(Cl)c3n2C)cc1. The smallest absolute Gasteiger partial charge is 0.279 e. The molecule has 3 aromatic rings. The van der Waals surface area contributed by atoms with Crippen LogP contribution in [-0.4, -0.2) is 36.3 Å². The third kappa shape index (κ3) is 4.68. The summed E-state index contributed by atoms with van der Waals surface area (Å²) in [6, 6.07) is 9.02. The predicted octanol–water partition coefficient (Wildman–Crippen LogP) is 4.65. The normalized spacial score (nSPS) is 12.5. The van der Waals surface area contributed by atoms with Gasteiger partial charge in [0.1, 0.15) is 0 Å². The lowest BCUT2D eigenvalue weighted by atomic mass is 10.2. The van der Waals surface area contributed by atoms with E-state index in [0.717, 1.165) is 4.70 Å². The van der Waals surface area contributed by atoms with Crippen LogP contribution in [0.4, 0.5) is 0 Å². The molecule has 0 spiro atoms. The van der Waals surface area contributed by atoms with E-state index in [1.807, 2.05) is 0 Å². The highest BCUT2D eigenvalue weighted by molar-refractivity contribution is 7.89. The number of fused-ring (bicyclic) bond motifs is 1. The number of nitrogens with zero attached hydrogens (tertiary/aromatic N) is 3. The third-order valence-electron chi connectivity index (χ3n) is 4.45. The largest absolute Gasteiger partial charge is 0.318 e. The van der Waals surface area contributed by atoms with E-state index in [2.05, 4.69) is 18.2 Å². The number of rotatable bonds is 7. The number of hydrogen-bond acceptors (Lipinski definition) is 4. The molecule has 0 saturated carbocycles. The fourth-order valence-corrected chi connectivity index (χ4v) is 5.95. The van der Waals surface area contributed by atoms with Crippen molar-refractivity contribution in [2.45, 2.75) is 4.90 Å². The van der Waals surface area contributed by atoms with E-state index < -0.39 is 15.9 Å². The van der Waals surface area contributed by atoms with Crippen molar-refractivity contribution >= 4 is 60.7 Å². The van der Waals surface area contributed by atoms with Gasteiger partial charge in [-0.3, -0.25) is 4.79 Å². The van der Waals surface area contributed by atoms with E-state index in [4.69, 9.17) is 23.2 Å². The second-order valence-corrected chi connectivity index (χ2v) is 10.2. The summed E-state index contributed by atoms with van der Waals surface area (Å²) in [5.74, 6) is -0.507. The van der Waals surface area contributed by atoms with Gasteiger partial charge >= 0.3 is 0 Å². The lowest BCUT2D eigenvalue weighted by molar-refractivity contribution is 0.0998. The predicted molar refractivity (Wildman–Crippen MR) is 126 cm³/mol. The quantitative estimate of drug-likeness (QED) is 0.447. The van der Waals surface area contributed by atoms with Crippen molar-refractivity contribution in [3.05, 3.63) is 82.1 Å². The van der Waals surface area contributed by atoms with Gasteiger partial charge in [0.2, 0.25) is 10.0 Å². The first-order valence-electron chi connectivity index (χ1n) is 9.05. The molecule has 31 heavy (non-hydrogen) atoms. The van der Waals surface area contributed by atoms with Gasteiger partial charge in [-0.2, -0.15) is 9.30 Å². The summed E-state index contributed by atoms with van der Waals surface area (Å²) in [6.07, 6.45) is 3.00. The van der Waals surface area contributed by atoms with Gasteiger partial charge in [-0.15, -0.1) is 13.2 Å². The Bertz CT molecular complexity index is 1330. The fourth-order valence-electron chi connectivity index (χ4n) is 2.91. The molecule has 0 unspecified atom stereocenters. The number of aryl methyl sites for hydroxylation is 1. The minimum atomic E-state index is -3.74. The van der Waals surface area contributed by atoms with Crippen molar-refractivity contribution in [1.29, 1.82) is 0 Å². The number of carbonyl (C=O) groups excluding carboxylic acids is 1. The summed E-state index contributed by atoms with van der Waals surface area (Å²) < 4.78 is 29.2. The van der Waals surface area contributed by atoms with Crippen molar-refractivity contribution in [2.24, 2.45) is 12.0 Å². The number of thiazole rings is 1. The minimum Gasteiger partial charge on any atom is -0.318 e. The zero-order valence-electron chi connectivity index (χ0n) is 16.6. The van der Waals surface area contributed by atoms with Crippen LogP contribution < -0.4 is 4.80 Å². The van der Waals surface area contributed by atoms with Crippen LogP contribution in [0.5, 0.6) is 0 Å². The first kappa shape index (κ1) is 23.4. The maximum absolute atomic E-state index is 12.8. The molecule has 0 fully saturated rings. The van der Waals surface area contributed by atoms with Crippen molar-refractivity contribution in [3.63, 3.8) is 0 Å². The first-order chi connectivity index (χ1) is 14.7. The van der Waals surface area contributed by atoms with Crippen LogP contribution in [-0.2, 0) is 17.1 Å². The number of aromatic nitrogens is 1. The Labute approximate surface area is 194 Å². The van der Waals surface area contributed by atoms with Crippen molar-refractivity contribution in [3.8, 4) is 0 Å². The van der Waals surface area contributed by atoms with Gasteiger partial charge in [0.25, 0.3) is 5.91 Å². The average molecular weight is 496 g/mol. The Morgan fingerprint density at radius 3 is 2.23 bits per heavy atom. The van der Waals surface area contributed by atoms with Crippen molar-refractivity contribution in [2.75, 3.05) is 13.1 Å². The molecule has 1 heterocycles. The lowest BCUT2D eigenvalue weighted by Crippen LogP contribution is -2.31. The highest BCUT2D eigenvalue weighted by Gasteiger charge is 2.22. The molecule has 1 aromatic heterocycles. The molecule has 1 amide bonds. The zero-order chi connectivity index (χ0) is 22.8. The lowest BCUT2D eigenvalue weighted by Gasteiger charge is -2.19. The highest BCUT2D eigenvalue weighted by Crippen LogP contribution is 2.31. The van der Waals surface area contributed by atoms with Gasteiger partial charge < -0.3 is 4.57 Å². The Balaban J connectivity index is 1.96. The topological polar surface area (TPSA) is 71.7 Å². The van der Waals surface area contributed by atoms with Crippen molar-refractivity contribution < 1.29 is 13.2 Å². The van der Waals surface area contributed by atoms with E-state index in [1.165, 1.54) is 52.1 Å². The Hall–Kier alpha value is -2.23. The molecule has 0 aliphatic carbocycles. The van der Waals surface area contributed by atoms with Gasteiger partial charge in [0.15, 0.2) is 4.80 Å². The molecule has 10 heteroatoms. The molecule has 0 atom stereocenters. The third-order valence-corrected chi connectivity index (χ3v) is 8.19. The molecule has 0 aliphatic rings. The van der Waals surface area contributed by atoms with Gasteiger partial charge in [0.05, 0.1) is 25.2 Å². The summed E-state index contributed by atoms with van der Waals surface area (Å²) in [4.78, 5) is 17.4. The number of sulfonamides is 1. The number of benzene rings is 2. The summed E-state index contributed by atoms with van der Waals surface area (Å²) >= 11 is 13.7. The standard InChI is InChI=1S/C21H19Cl2N3O3S2/c1-4-12-26(13-5-2)31(28,29)15-8-6-14(7-9-15)20(27)24-21-25(3)18-16(22)10-11-17(23)19(18)30-21/h4-11H,1-2,12-13H2,3H3. The molecule has 0 radical (unpaired) electrons. The van der Waals surface area contributed by atoms with Crippen LogP contribution in [0.3, 0.4) is 0 Å². The second-order valence-electron chi connectivity index (χ2n) is 6.49. The van der Waals surface area contributed by atoms with E-state index >= 15 is 0 Å². The Morgan fingerprint density at radius 1 is 1.10 bits per heavy atom. The Kier molecular flexibility index (Phi) is 7.18. The summed E-state index contributed by atoms with van der Waals surface area (Å²) in [5, 5.41) is 1.03. The van der Waals surface area contributed by atoms with Crippen LogP contribution >= 0.6 is 34.5 Å². The minimum absolute atomic E-state index is 0.0683. The van der Waals surface area contributed by atoms with Crippen LogP contribution in [0.25, 0.3) is 10.2 Å². The van der Waals surface area contributed by atoms with Crippen LogP contribution in [0.15, 0.2) is 71.6 Å². The molecule has 0 N–H and O–H groups in total. The van der Waals surface area contributed by atoms with E-state index in [1.54, 1.807) is 23.7 Å². The van der Waals surface area contributed by atoms with Gasteiger partial charge in [-0.1, -0.05) is 46.7 Å². The highest BCUT2D eigenvalue weighted by atomic mass is 35.5.